The number of carbonyl (C=O) groups is 1. The van der Waals surface area contributed by atoms with Crippen LogP contribution in [0.3, 0.4) is 0 Å². The molecule has 3 N–H and O–H groups in total. The van der Waals surface area contributed by atoms with Crippen molar-refractivity contribution >= 4 is 35.3 Å². The largest absolute Gasteiger partial charge is 0.493 e. The van der Waals surface area contributed by atoms with Gasteiger partial charge in [0.2, 0.25) is 0 Å². The highest BCUT2D eigenvalue weighted by Crippen LogP contribution is 2.28. The summed E-state index contributed by atoms with van der Waals surface area (Å²) in [6, 6.07) is 12.6. The number of rotatable bonds is 7. The highest BCUT2D eigenvalue weighted by molar-refractivity contribution is 6.31. The molecule has 2 atom stereocenters. The van der Waals surface area contributed by atoms with Gasteiger partial charge in [-0.05, 0) is 41.5 Å². The fourth-order valence-corrected chi connectivity index (χ4v) is 2.87. The van der Waals surface area contributed by atoms with Crippen LogP contribution in [0, 0.1) is 0 Å². The second-order valence-corrected chi connectivity index (χ2v) is 7.00. The van der Waals surface area contributed by atoms with Crippen LogP contribution in [0.1, 0.15) is 11.1 Å². The van der Waals surface area contributed by atoms with Crippen LogP contribution in [0.5, 0.6) is 11.5 Å². The molecule has 9 heteroatoms. The molecule has 1 saturated heterocycles. The Morgan fingerprint density at radius 3 is 2.79 bits per heavy atom. The van der Waals surface area contributed by atoms with Gasteiger partial charge >= 0.3 is 0 Å². The average Bonchev–Trinajstić information content (AvgIpc) is 2.71. The summed E-state index contributed by atoms with van der Waals surface area (Å²) in [5.74, 6) is 0.924. The number of halogens is 2. The number of hydrazone groups is 1. The van der Waals surface area contributed by atoms with E-state index in [2.05, 4.69) is 21.4 Å². The zero-order valence-corrected chi connectivity index (χ0v) is 16.6. The normalized spacial score (nSPS) is 19.3. The number of amides is 1. The molecule has 1 aliphatic heterocycles. The summed E-state index contributed by atoms with van der Waals surface area (Å²) in [5, 5.41) is 4.16. The molecule has 148 valence electrons. The van der Waals surface area contributed by atoms with Gasteiger partial charge in [0.05, 0.1) is 19.4 Å². The summed E-state index contributed by atoms with van der Waals surface area (Å²) in [5.41, 5.74) is 9.92. The molecule has 0 bridgehead atoms. The fourth-order valence-electron chi connectivity index (χ4n) is 2.55. The molecule has 3 rings (SSSR count). The minimum absolute atomic E-state index is 0.288. The molecule has 1 fully saturated rings. The van der Waals surface area contributed by atoms with Crippen molar-refractivity contribution in [1.29, 1.82) is 0 Å². The maximum atomic E-state index is 11.5. The molecule has 1 amide bonds. The number of carbonyl (C=O) groups excluding carboxylic acids is 1. The molecular formula is C19H20Cl2N4O3. The van der Waals surface area contributed by atoms with Crippen LogP contribution < -0.4 is 25.8 Å². The van der Waals surface area contributed by atoms with Gasteiger partial charge in [-0.25, -0.2) is 5.43 Å². The van der Waals surface area contributed by atoms with Gasteiger partial charge in [-0.15, -0.1) is 11.6 Å². The quantitative estimate of drug-likeness (QED) is 0.362. The van der Waals surface area contributed by atoms with E-state index in [9.17, 15) is 4.79 Å². The van der Waals surface area contributed by atoms with Crippen molar-refractivity contribution < 1.29 is 14.3 Å². The fraction of sp³-hybridized carbons (Fsp3) is 0.263. The maximum absolute atomic E-state index is 11.5. The zero-order chi connectivity index (χ0) is 19.9. The van der Waals surface area contributed by atoms with Crippen LogP contribution in [0.15, 0.2) is 47.6 Å². The third-order valence-corrected chi connectivity index (χ3v) is 4.84. The van der Waals surface area contributed by atoms with Crippen molar-refractivity contribution in [1.82, 2.24) is 16.3 Å². The van der Waals surface area contributed by atoms with E-state index in [1.807, 2.05) is 42.5 Å². The summed E-state index contributed by atoms with van der Waals surface area (Å²) in [6.07, 6.45) is 1.63. The van der Waals surface area contributed by atoms with Gasteiger partial charge in [0.1, 0.15) is 12.0 Å². The molecule has 7 nitrogen and oxygen atoms in total. The first kappa shape index (κ1) is 20.3. The van der Waals surface area contributed by atoms with Crippen LogP contribution in [-0.4, -0.2) is 37.2 Å². The molecule has 0 aliphatic carbocycles. The lowest BCUT2D eigenvalue weighted by Crippen LogP contribution is -2.59. The smallest absolute Gasteiger partial charge is 0.254 e. The number of hydrogen-bond donors (Lipinski definition) is 3. The predicted octanol–water partition coefficient (Wildman–Crippen LogP) is 2.46. The lowest BCUT2D eigenvalue weighted by molar-refractivity contribution is -0.123. The number of hydrazine groups is 1. The summed E-state index contributed by atoms with van der Waals surface area (Å²) in [4.78, 5) is 11.5. The van der Waals surface area contributed by atoms with E-state index in [4.69, 9.17) is 32.7 Å². The second-order valence-electron chi connectivity index (χ2n) is 6.09. The standard InChI is InChI=1S/C19H20Cl2N4O3/c1-27-17-8-13(9-22-24-15-10-23-25-19(26)18(15)21)4-7-16(17)28-11-12-2-5-14(20)6-3-12/h2-9,15,18,23-24H,10-11H2,1H3,(H,25,26)/b22-9-. The van der Waals surface area contributed by atoms with Crippen molar-refractivity contribution in [3.05, 3.63) is 58.6 Å². The number of ether oxygens (including phenoxy) is 2. The second kappa shape index (κ2) is 9.64. The lowest BCUT2D eigenvalue weighted by atomic mass is 10.2. The molecular weight excluding hydrogens is 403 g/mol. The average molecular weight is 423 g/mol. The van der Waals surface area contributed by atoms with Gasteiger partial charge in [0.15, 0.2) is 11.5 Å². The first-order valence-electron chi connectivity index (χ1n) is 8.57. The summed E-state index contributed by atoms with van der Waals surface area (Å²) >= 11 is 11.9. The van der Waals surface area contributed by atoms with Crippen molar-refractivity contribution in [3.63, 3.8) is 0 Å². The first-order valence-corrected chi connectivity index (χ1v) is 9.39. The Kier molecular flexibility index (Phi) is 6.97. The van der Waals surface area contributed by atoms with E-state index in [-0.39, 0.29) is 11.9 Å². The van der Waals surface area contributed by atoms with Crippen LogP contribution in [0.2, 0.25) is 5.02 Å². The Labute approximate surface area is 173 Å². The van der Waals surface area contributed by atoms with Gasteiger partial charge < -0.3 is 14.9 Å². The Bertz CT molecular complexity index is 846. The number of alkyl halides is 1. The van der Waals surface area contributed by atoms with Crippen molar-refractivity contribution in [2.45, 2.75) is 18.0 Å². The minimum atomic E-state index is -0.698. The maximum Gasteiger partial charge on any atom is 0.254 e. The molecule has 0 spiro atoms. The third-order valence-electron chi connectivity index (χ3n) is 4.09. The van der Waals surface area contributed by atoms with Gasteiger partial charge in [0, 0.05) is 11.6 Å². The minimum Gasteiger partial charge on any atom is -0.493 e. The lowest BCUT2D eigenvalue weighted by Gasteiger charge is -2.26. The molecule has 2 unspecified atom stereocenters. The first-order chi connectivity index (χ1) is 13.6. The molecule has 2 aromatic carbocycles. The summed E-state index contributed by atoms with van der Waals surface area (Å²) in [6.45, 7) is 0.869. The van der Waals surface area contributed by atoms with Crippen molar-refractivity contribution in [2.75, 3.05) is 13.7 Å². The monoisotopic (exact) mass is 422 g/mol. The van der Waals surface area contributed by atoms with Crippen molar-refractivity contribution in [3.8, 4) is 11.5 Å². The topological polar surface area (TPSA) is 84.0 Å². The van der Waals surface area contributed by atoms with E-state index < -0.39 is 5.38 Å². The van der Waals surface area contributed by atoms with Crippen LogP contribution >= 0.6 is 23.2 Å². The highest BCUT2D eigenvalue weighted by Gasteiger charge is 2.29. The van der Waals surface area contributed by atoms with E-state index in [0.29, 0.717) is 29.7 Å². The number of nitrogens with one attached hydrogen (secondary N) is 3. The van der Waals surface area contributed by atoms with E-state index in [1.165, 1.54) is 0 Å². The van der Waals surface area contributed by atoms with Crippen molar-refractivity contribution in [2.24, 2.45) is 5.10 Å². The van der Waals surface area contributed by atoms with Gasteiger partial charge in [-0.2, -0.15) is 5.10 Å². The van der Waals surface area contributed by atoms with Crippen LogP contribution in [-0.2, 0) is 11.4 Å². The molecule has 0 radical (unpaired) electrons. The third kappa shape index (κ3) is 5.28. The van der Waals surface area contributed by atoms with E-state index in [1.54, 1.807) is 13.3 Å². The highest BCUT2D eigenvalue weighted by atomic mass is 35.5. The zero-order valence-electron chi connectivity index (χ0n) is 15.1. The Morgan fingerprint density at radius 1 is 1.25 bits per heavy atom. The van der Waals surface area contributed by atoms with Gasteiger partial charge in [-0.1, -0.05) is 23.7 Å². The Morgan fingerprint density at radius 2 is 2.04 bits per heavy atom. The van der Waals surface area contributed by atoms with Crippen LogP contribution in [0.25, 0.3) is 0 Å². The molecule has 0 aromatic heterocycles. The SMILES string of the molecule is COc1cc(/C=N\NC2CNNC(=O)C2Cl)ccc1OCc1ccc(Cl)cc1. The van der Waals surface area contributed by atoms with Gasteiger partial charge in [-0.3, -0.25) is 10.2 Å². The molecule has 28 heavy (non-hydrogen) atoms. The summed E-state index contributed by atoms with van der Waals surface area (Å²) in [7, 11) is 1.58. The van der Waals surface area contributed by atoms with E-state index in [0.717, 1.165) is 11.1 Å². The number of hydrogen-bond acceptors (Lipinski definition) is 6. The van der Waals surface area contributed by atoms with Gasteiger partial charge in [0.25, 0.3) is 5.91 Å². The molecule has 1 heterocycles. The summed E-state index contributed by atoms with van der Waals surface area (Å²) < 4.78 is 11.2. The number of methoxy groups -OCH3 is 1. The molecule has 1 aliphatic rings. The molecule has 0 saturated carbocycles. The Balaban J connectivity index is 1.60. The Hall–Kier alpha value is -2.48. The molecule has 2 aromatic rings. The number of benzene rings is 2. The van der Waals surface area contributed by atoms with E-state index >= 15 is 0 Å². The number of nitrogens with zero attached hydrogens (tertiary/aromatic N) is 1. The predicted molar refractivity (Wildman–Crippen MR) is 109 cm³/mol. The van der Waals surface area contributed by atoms with Crippen LogP contribution in [0.4, 0.5) is 0 Å².